The Morgan fingerprint density at radius 3 is 2.55 bits per heavy atom. The number of hydrogen-bond donors (Lipinski definition) is 1. The van der Waals surface area contributed by atoms with Gasteiger partial charge in [0.2, 0.25) is 10.0 Å². The predicted octanol–water partition coefficient (Wildman–Crippen LogP) is 1.98. The summed E-state index contributed by atoms with van der Waals surface area (Å²) in [7, 11) is -3.25. The number of piperidine rings is 1. The third-order valence-corrected chi connectivity index (χ3v) is 6.21. The Hall–Kier alpha value is -0.910. The van der Waals surface area contributed by atoms with E-state index in [2.05, 4.69) is 5.32 Å². The third kappa shape index (κ3) is 3.59. The zero-order chi connectivity index (χ0) is 14.6. The quantitative estimate of drug-likeness (QED) is 0.904. The van der Waals surface area contributed by atoms with E-state index < -0.39 is 10.0 Å². The van der Waals surface area contributed by atoms with Crippen LogP contribution in [0.4, 0.5) is 0 Å². The fraction of sp³-hybridized carbons (Fsp3) is 0.600. The number of hydrogen-bond acceptors (Lipinski definition) is 3. The van der Waals surface area contributed by atoms with Crippen LogP contribution in [0.1, 0.15) is 32.3 Å². The van der Waals surface area contributed by atoms with Gasteiger partial charge < -0.3 is 5.32 Å². The lowest BCUT2D eigenvalue weighted by molar-refractivity contribution is 0.336. The van der Waals surface area contributed by atoms with Crippen molar-refractivity contribution in [2.45, 2.75) is 44.5 Å². The third-order valence-electron chi connectivity index (χ3n) is 3.76. The van der Waals surface area contributed by atoms with Gasteiger partial charge in [-0.25, -0.2) is 8.42 Å². The number of sulfonamides is 1. The number of benzene rings is 1. The summed E-state index contributed by atoms with van der Waals surface area (Å²) in [5.41, 5.74) is 1.04. The maximum absolute atomic E-state index is 12.8. The molecule has 1 aliphatic rings. The van der Waals surface area contributed by atoms with Gasteiger partial charge in [-0.2, -0.15) is 4.31 Å². The summed E-state index contributed by atoms with van der Waals surface area (Å²) in [6.07, 6.45) is 1.69. The summed E-state index contributed by atoms with van der Waals surface area (Å²) in [5.74, 6) is 0. The van der Waals surface area contributed by atoms with E-state index in [0.29, 0.717) is 13.1 Å². The zero-order valence-electron chi connectivity index (χ0n) is 12.2. The van der Waals surface area contributed by atoms with E-state index in [9.17, 15) is 8.42 Å². The molecule has 1 fully saturated rings. The van der Waals surface area contributed by atoms with Gasteiger partial charge in [0.25, 0.3) is 0 Å². The minimum atomic E-state index is -3.25. The molecule has 4 nitrogen and oxygen atoms in total. The molecule has 1 N–H and O–H groups in total. The molecule has 0 amide bonds. The molecule has 2 rings (SSSR count). The van der Waals surface area contributed by atoms with E-state index >= 15 is 0 Å². The van der Waals surface area contributed by atoms with Gasteiger partial charge in [0.05, 0.1) is 5.25 Å². The second-order valence-corrected chi connectivity index (χ2v) is 7.80. The molecule has 0 radical (unpaired) electrons. The van der Waals surface area contributed by atoms with Gasteiger partial charge in [0.1, 0.15) is 0 Å². The molecule has 1 saturated heterocycles. The molecule has 112 valence electrons. The first-order chi connectivity index (χ1) is 9.51. The van der Waals surface area contributed by atoms with Gasteiger partial charge >= 0.3 is 0 Å². The van der Waals surface area contributed by atoms with Crippen LogP contribution in [0.3, 0.4) is 0 Å². The van der Waals surface area contributed by atoms with Crippen molar-refractivity contribution in [3.05, 3.63) is 35.9 Å². The lowest BCUT2D eigenvalue weighted by atomic mass is 10.2. The molecule has 5 heteroatoms. The predicted molar refractivity (Wildman–Crippen MR) is 81.9 cm³/mol. The van der Waals surface area contributed by atoms with Crippen LogP contribution in [0.2, 0.25) is 0 Å². The van der Waals surface area contributed by atoms with Crippen LogP contribution in [-0.2, 0) is 16.6 Å². The van der Waals surface area contributed by atoms with Crippen LogP contribution in [0.25, 0.3) is 0 Å². The summed E-state index contributed by atoms with van der Waals surface area (Å²) < 4.78 is 27.3. The van der Waals surface area contributed by atoms with E-state index in [1.165, 1.54) is 0 Å². The number of rotatable bonds is 5. The second-order valence-electron chi connectivity index (χ2n) is 5.64. The highest BCUT2D eigenvalue weighted by molar-refractivity contribution is 7.89. The molecule has 0 spiro atoms. The summed E-state index contributed by atoms with van der Waals surface area (Å²) in [6, 6.07) is 9.77. The van der Waals surface area contributed by atoms with Crippen molar-refractivity contribution >= 4 is 10.0 Å². The fourth-order valence-corrected chi connectivity index (χ4v) is 4.69. The molecular formula is C15H24N2O2S. The first-order valence-electron chi connectivity index (χ1n) is 7.27. The molecule has 0 bridgehead atoms. The molecule has 1 heterocycles. The van der Waals surface area contributed by atoms with Gasteiger partial charge in [-0.05, 0) is 38.8 Å². The van der Waals surface area contributed by atoms with Crippen LogP contribution < -0.4 is 5.32 Å². The summed E-state index contributed by atoms with van der Waals surface area (Å²) in [5, 5.41) is 2.90. The maximum Gasteiger partial charge on any atom is 0.218 e. The van der Waals surface area contributed by atoms with Crippen molar-refractivity contribution in [3.8, 4) is 0 Å². The van der Waals surface area contributed by atoms with Crippen molar-refractivity contribution in [2.24, 2.45) is 0 Å². The Bertz CT molecular complexity index is 508. The minimum absolute atomic E-state index is 0.0258. The smallest absolute Gasteiger partial charge is 0.218 e. The zero-order valence-corrected chi connectivity index (χ0v) is 13.1. The minimum Gasteiger partial charge on any atom is -0.315 e. The fourth-order valence-electron chi connectivity index (χ4n) is 2.60. The number of nitrogens with zero attached hydrogens (tertiary/aromatic N) is 1. The molecule has 0 aliphatic carbocycles. The average Bonchev–Trinajstić information content (AvgIpc) is 2.46. The van der Waals surface area contributed by atoms with E-state index in [4.69, 9.17) is 0 Å². The van der Waals surface area contributed by atoms with Crippen LogP contribution in [-0.4, -0.2) is 37.1 Å². The van der Waals surface area contributed by atoms with Gasteiger partial charge in [-0.15, -0.1) is 0 Å². The molecule has 0 saturated carbocycles. The largest absolute Gasteiger partial charge is 0.315 e. The van der Waals surface area contributed by atoms with Crippen molar-refractivity contribution in [1.82, 2.24) is 9.62 Å². The second kappa shape index (κ2) is 6.70. The van der Waals surface area contributed by atoms with Gasteiger partial charge in [-0.3, -0.25) is 0 Å². The lowest BCUT2D eigenvalue weighted by Crippen LogP contribution is -2.48. The summed E-state index contributed by atoms with van der Waals surface area (Å²) in [4.78, 5) is 0. The molecular weight excluding hydrogens is 272 g/mol. The normalized spacial score (nSPS) is 20.5. The van der Waals surface area contributed by atoms with Crippen molar-refractivity contribution < 1.29 is 8.42 Å². The Balaban J connectivity index is 2.19. The molecule has 1 unspecified atom stereocenters. The lowest BCUT2D eigenvalue weighted by Gasteiger charge is -2.32. The Morgan fingerprint density at radius 2 is 2.00 bits per heavy atom. The maximum atomic E-state index is 12.8. The average molecular weight is 296 g/mol. The monoisotopic (exact) mass is 296 g/mol. The molecule has 0 aromatic heterocycles. The molecule has 1 atom stereocenters. The van der Waals surface area contributed by atoms with Crippen molar-refractivity contribution in [3.63, 3.8) is 0 Å². The van der Waals surface area contributed by atoms with Crippen LogP contribution in [0.15, 0.2) is 30.3 Å². The summed E-state index contributed by atoms with van der Waals surface area (Å²) in [6.45, 7) is 5.83. The Kier molecular flexibility index (Phi) is 5.18. The SMILES string of the molecule is CC(C)N(Cc1ccccc1)S(=O)(=O)C1CCCNC1. The van der Waals surface area contributed by atoms with Crippen molar-refractivity contribution in [2.75, 3.05) is 13.1 Å². The van der Waals surface area contributed by atoms with E-state index in [-0.39, 0.29) is 11.3 Å². The Labute approximate surface area is 122 Å². The van der Waals surface area contributed by atoms with Crippen LogP contribution >= 0.6 is 0 Å². The van der Waals surface area contributed by atoms with Gasteiger partial charge in [0.15, 0.2) is 0 Å². The Morgan fingerprint density at radius 1 is 1.30 bits per heavy atom. The highest BCUT2D eigenvalue weighted by Gasteiger charge is 2.34. The van der Waals surface area contributed by atoms with Crippen LogP contribution in [0, 0.1) is 0 Å². The summed E-state index contributed by atoms with van der Waals surface area (Å²) >= 11 is 0. The molecule has 1 aromatic rings. The van der Waals surface area contributed by atoms with Gasteiger partial charge in [-0.1, -0.05) is 30.3 Å². The molecule has 1 aliphatic heterocycles. The van der Waals surface area contributed by atoms with Gasteiger partial charge in [0, 0.05) is 19.1 Å². The topological polar surface area (TPSA) is 49.4 Å². The molecule has 20 heavy (non-hydrogen) atoms. The number of nitrogens with one attached hydrogen (secondary N) is 1. The standard InChI is InChI=1S/C15H24N2O2S/c1-13(2)17(12-14-7-4-3-5-8-14)20(18,19)15-9-6-10-16-11-15/h3-5,7-8,13,15-16H,6,9-12H2,1-2H3. The van der Waals surface area contributed by atoms with E-state index in [0.717, 1.165) is 24.9 Å². The highest BCUT2D eigenvalue weighted by atomic mass is 32.2. The van der Waals surface area contributed by atoms with Crippen molar-refractivity contribution in [1.29, 1.82) is 0 Å². The molecule has 1 aromatic carbocycles. The first kappa shape index (κ1) is 15.5. The van der Waals surface area contributed by atoms with E-state index in [1.54, 1.807) is 4.31 Å². The van der Waals surface area contributed by atoms with Crippen LogP contribution in [0.5, 0.6) is 0 Å². The van der Waals surface area contributed by atoms with E-state index in [1.807, 2.05) is 44.2 Å². The first-order valence-corrected chi connectivity index (χ1v) is 8.77. The highest BCUT2D eigenvalue weighted by Crippen LogP contribution is 2.21.